The van der Waals surface area contributed by atoms with E-state index in [1.165, 1.54) is 49.8 Å². The Bertz CT molecular complexity index is 656. The molecule has 0 aliphatic heterocycles. The van der Waals surface area contributed by atoms with Crippen molar-refractivity contribution in [2.45, 2.75) is 50.4 Å². The van der Waals surface area contributed by atoms with E-state index in [4.69, 9.17) is 28.2 Å². The number of hydrogen-bond acceptors (Lipinski definition) is 2. The predicted octanol–water partition coefficient (Wildman–Crippen LogP) is 4.18. The molecule has 0 radical (unpaired) electrons. The van der Waals surface area contributed by atoms with Crippen LogP contribution in [0.4, 0.5) is 0 Å². The lowest BCUT2D eigenvalue weighted by molar-refractivity contribution is 0.357. The molecule has 5 heteroatoms. The van der Waals surface area contributed by atoms with E-state index in [-0.39, 0.29) is 5.41 Å². The van der Waals surface area contributed by atoms with Gasteiger partial charge in [0.25, 0.3) is 0 Å². The Morgan fingerprint density at radius 2 is 1.84 bits per heavy atom. The molecule has 0 amide bonds. The Kier molecular flexibility index (Phi) is 2.58. The molecular formula is C14H15Cl2N3. The zero-order valence-corrected chi connectivity index (χ0v) is 12.1. The van der Waals surface area contributed by atoms with Crippen molar-refractivity contribution < 1.29 is 0 Å². The van der Waals surface area contributed by atoms with Crippen molar-refractivity contribution in [1.29, 1.82) is 0 Å². The summed E-state index contributed by atoms with van der Waals surface area (Å²) in [4.78, 5) is 4.86. The second-order valence-electron chi connectivity index (χ2n) is 5.80. The molecule has 2 heterocycles. The van der Waals surface area contributed by atoms with Gasteiger partial charge in [-0.15, -0.1) is 0 Å². The third-order valence-corrected chi connectivity index (χ3v) is 5.44. The Balaban J connectivity index is 2.04. The summed E-state index contributed by atoms with van der Waals surface area (Å²) in [5.41, 5.74) is 3.36. The predicted molar refractivity (Wildman–Crippen MR) is 76.1 cm³/mol. The smallest absolute Gasteiger partial charge is 0.175 e. The fraction of sp³-hybridized carbons (Fsp3) is 0.571. The van der Waals surface area contributed by atoms with E-state index in [1.807, 2.05) is 0 Å². The number of nitrogens with zero attached hydrogens (tertiary/aromatic N) is 3. The van der Waals surface area contributed by atoms with Gasteiger partial charge in [0.1, 0.15) is 10.2 Å². The zero-order valence-electron chi connectivity index (χ0n) is 10.6. The van der Waals surface area contributed by atoms with Crippen LogP contribution >= 0.6 is 23.2 Å². The molecule has 1 saturated carbocycles. The summed E-state index contributed by atoms with van der Waals surface area (Å²) < 4.78 is 1.68. The Labute approximate surface area is 121 Å². The number of hydrogen-bond donors (Lipinski definition) is 0. The zero-order chi connectivity index (χ0) is 13.0. The number of fused-ring (bicyclic) bond motifs is 3. The molecule has 2 aliphatic carbocycles. The maximum absolute atomic E-state index is 6.54. The van der Waals surface area contributed by atoms with Gasteiger partial charge in [0.05, 0.1) is 11.9 Å². The van der Waals surface area contributed by atoms with Crippen molar-refractivity contribution in [1.82, 2.24) is 14.6 Å². The first-order valence-corrected chi connectivity index (χ1v) is 7.69. The largest absolute Gasteiger partial charge is 0.231 e. The first-order valence-electron chi connectivity index (χ1n) is 6.93. The first-order chi connectivity index (χ1) is 9.21. The van der Waals surface area contributed by atoms with Gasteiger partial charge in [-0.05, 0) is 32.1 Å². The fourth-order valence-corrected chi connectivity index (χ4v) is 4.36. The van der Waals surface area contributed by atoms with Crippen LogP contribution in [0.2, 0.25) is 10.2 Å². The third-order valence-electron chi connectivity index (χ3n) is 4.78. The van der Waals surface area contributed by atoms with Crippen LogP contribution in [0.5, 0.6) is 0 Å². The molecule has 0 saturated heterocycles. The molecule has 2 aromatic rings. The lowest BCUT2D eigenvalue weighted by atomic mass is 9.72. The Hall–Kier alpha value is -0.800. The highest BCUT2D eigenvalue weighted by Gasteiger charge is 2.41. The molecule has 0 N–H and O–H groups in total. The maximum atomic E-state index is 6.54. The van der Waals surface area contributed by atoms with Gasteiger partial charge in [0, 0.05) is 11.0 Å². The highest BCUT2D eigenvalue weighted by atomic mass is 35.5. The van der Waals surface area contributed by atoms with Crippen molar-refractivity contribution >= 4 is 28.8 Å². The van der Waals surface area contributed by atoms with Crippen LogP contribution in [-0.2, 0) is 11.8 Å². The summed E-state index contributed by atoms with van der Waals surface area (Å²) in [5.74, 6) is 0. The van der Waals surface area contributed by atoms with Gasteiger partial charge in [-0.2, -0.15) is 5.10 Å². The molecule has 19 heavy (non-hydrogen) atoms. The summed E-state index contributed by atoms with van der Waals surface area (Å²) in [6, 6.07) is 0. The molecule has 2 aliphatic rings. The summed E-state index contributed by atoms with van der Waals surface area (Å²) >= 11 is 12.7. The molecule has 4 rings (SSSR count). The lowest BCUT2D eigenvalue weighted by Gasteiger charge is -2.35. The molecule has 0 unspecified atom stereocenters. The van der Waals surface area contributed by atoms with E-state index in [1.54, 1.807) is 10.7 Å². The summed E-state index contributed by atoms with van der Waals surface area (Å²) in [6.45, 7) is 0. The molecule has 0 atom stereocenters. The highest BCUT2D eigenvalue weighted by Crippen LogP contribution is 2.49. The maximum Gasteiger partial charge on any atom is 0.175 e. The molecule has 3 nitrogen and oxygen atoms in total. The van der Waals surface area contributed by atoms with E-state index < -0.39 is 0 Å². The van der Waals surface area contributed by atoms with Crippen LogP contribution in [0.1, 0.15) is 49.8 Å². The average molecular weight is 296 g/mol. The topological polar surface area (TPSA) is 30.2 Å². The second kappa shape index (κ2) is 4.10. The van der Waals surface area contributed by atoms with E-state index in [2.05, 4.69) is 5.10 Å². The van der Waals surface area contributed by atoms with E-state index in [9.17, 15) is 0 Å². The highest BCUT2D eigenvalue weighted by molar-refractivity contribution is 6.34. The third kappa shape index (κ3) is 1.58. The number of aromatic nitrogens is 3. The quantitative estimate of drug-likeness (QED) is 0.683. The van der Waals surface area contributed by atoms with Crippen LogP contribution in [0.3, 0.4) is 0 Å². The van der Waals surface area contributed by atoms with Gasteiger partial charge < -0.3 is 0 Å². The normalized spacial score (nSPS) is 21.2. The Morgan fingerprint density at radius 3 is 2.63 bits per heavy atom. The molecule has 0 bridgehead atoms. The van der Waals surface area contributed by atoms with Crippen LogP contribution in [0.25, 0.3) is 5.65 Å². The monoisotopic (exact) mass is 295 g/mol. The molecule has 1 fully saturated rings. The van der Waals surface area contributed by atoms with Crippen molar-refractivity contribution in [2.75, 3.05) is 0 Å². The number of rotatable bonds is 0. The first kappa shape index (κ1) is 12.0. The molecular weight excluding hydrogens is 281 g/mol. The number of halogens is 2. The van der Waals surface area contributed by atoms with Gasteiger partial charge >= 0.3 is 0 Å². The van der Waals surface area contributed by atoms with Gasteiger partial charge in [-0.3, -0.25) is 0 Å². The average Bonchev–Trinajstić information content (AvgIpc) is 3.01. The van der Waals surface area contributed by atoms with E-state index in [0.29, 0.717) is 15.8 Å². The van der Waals surface area contributed by atoms with Gasteiger partial charge in [0.2, 0.25) is 0 Å². The molecule has 0 aromatic carbocycles. The van der Waals surface area contributed by atoms with Crippen LogP contribution in [0, 0.1) is 0 Å². The van der Waals surface area contributed by atoms with Gasteiger partial charge in [0.15, 0.2) is 5.65 Å². The summed E-state index contributed by atoms with van der Waals surface area (Å²) in [6.07, 6.45) is 10.2. The molecule has 100 valence electrons. The summed E-state index contributed by atoms with van der Waals surface area (Å²) in [7, 11) is 0. The van der Waals surface area contributed by atoms with Crippen molar-refractivity contribution in [3.05, 3.63) is 27.6 Å². The van der Waals surface area contributed by atoms with Crippen molar-refractivity contribution in [3.8, 4) is 0 Å². The minimum atomic E-state index is 0.257. The van der Waals surface area contributed by atoms with Gasteiger partial charge in [-0.25, -0.2) is 9.50 Å². The molecule has 1 spiro atoms. The van der Waals surface area contributed by atoms with E-state index in [0.717, 1.165) is 6.42 Å². The minimum absolute atomic E-state index is 0.257. The van der Waals surface area contributed by atoms with Crippen molar-refractivity contribution in [3.63, 3.8) is 0 Å². The molecule has 2 aromatic heterocycles. The van der Waals surface area contributed by atoms with Crippen LogP contribution in [-0.4, -0.2) is 14.6 Å². The van der Waals surface area contributed by atoms with Crippen LogP contribution < -0.4 is 0 Å². The standard InChI is InChI=1S/C14H15Cl2N3/c15-10-8-17-19-12(16)9-4-3-7-14(5-1-2-6-14)11(9)18-13(10)19/h8H,1-7H2. The van der Waals surface area contributed by atoms with Gasteiger partial charge in [-0.1, -0.05) is 36.0 Å². The van der Waals surface area contributed by atoms with Crippen molar-refractivity contribution in [2.24, 2.45) is 0 Å². The van der Waals surface area contributed by atoms with E-state index >= 15 is 0 Å². The SMILES string of the molecule is Clc1cnn2c(Cl)c3c(nc12)C1(CCCC1)CCC3. The van der Waals surface area contributed by atoms with Crippen LogP contribution in [0.15, 0.2) is 6.20 Å². The fourth-order valence-electron chi connectivity index (χ4n) is 3.89. The summed E-state index contributed by atoms with van der Waals surface area (Å²) in [5, 5.41) is 5.52. The second-order valence-corrected chi connectivity index (χ2v) is 6.56. The minimum Gasteiger partial charge on any atom is -0.231 e. The lowest BCUT2D eigenvalue weighted by Crippen LogP contribution is -2.30. The Morgan fingerprint density at radius 1 is 1.11 bits per heavy atom.